The molecule has 100 valence electrons. The first-order valence-corrected chi connectivity index (χ1v) is 6.95. The van der Waals surface area contributed by atoms with E-state index in [0.717, 1.165) is 10.9 Å². The number of carbonyl (C=O) groups is 1. The van der Waals surface area contributed by atoms with Crippen molar-refractivity contribution in [2.24, 2.45) is 11.1 Å². The van der Waals surface area contributed by atoms with Gasteiger partial charge in [0, 0.05) is 17.1 Å². The average molecular weight is 313 g/mol. The van der Waals surface area contributed by atoms with Crippen molar-refractivity contribution in [1.82, 2.24) is 5.32 Å². The molecule has 3 nitrogen and oxygen atoms in total. The first-order valence-electron chi connectivity index (χ1n) is 6.15. The minimum atomic E-state index is -0.528. The molecule has 1 rings (SSSR count). The molecule has 0 aliphatic carbocycles. The lowest BCUT2D eigenvalue weighted by Crippen LogP contribution is -2.41. The fourth-order valence-corrected chi connectivity index (χ4v) is 2.10. The summed E-state index contributed by atoms with van der Waals surface area (Å²) in [6.45, 7) is 6.41. The van der Waals surface area contributed by atoms with E-state index in [4.69, 9.17) is 5.73 Å². The van der Waals surface area contributed by atoms with E-state index in [-0.39, 0.29) is 11.9 Å². The number of carbonyl (C=O) groups excluding carboxylic acids is 1. The average Bonchev–Trinajstić information content (AvgIpc) is 2.29. The summed E-state index contributed by atoms with van der Waals surface area (Å²) in [7, 11) is 0. The lowest BCUT2D eigenvalue weighted by molar-refractivity contribution is -0.125. The van der Waals surface area contributed by atoms with Gasteiger partial charge < -0.3 is 11.1 Å². The fraction of sp³-hybridized carbons (Fsp3) is 0.500. The van der Waals surface area contributed by atoms with Gasteiger partial charge in [-0.3, -0.25) is 4.79 Å². The number of primary amides is 1. The molecule has 4 heteroatoms. The van der Waals surface area contributed by atoms with Crippen LogP contribution < -0.4 is 11.1 Å². The summed E-state index contributed by atoms with van der Waals surface area (Å²) < 4.78 is 1.06. The van der Waals surface area contributed by atoms with Crippen molar-refractivity contribution in [3.8, 4) is 0 Å². The van der Waals surface area contributed by atoms with E-state index >= 15 is 0 Å². The minimum absolute atomic E-state index is 0.237. The molecule has 0 heterocycles. The molecule has 0 spiro atoms. The van der Waals surface area contributed by atoms with Crippen molar-refractivity contribution in [2.75, 3.05) is 6.54 Å². The van der Waals surface area contributed by atoms with Crippen LogP contribution in [0.3, 0.4) is 0 Å². The van der Waals surface area contributed by atoms with E-state index in [1.165, 1.54) is 5.56 Å². The highest BCUT2D eigenvalue weighted by Gasteiger charge is 2.25. The summed E-state index contributed by atoms with van der Waals surface area (Å²) in [5.41, 5.74) is 6.06. The van der Waals surface area contributed by atoms with Crippen LogP contribution in [-0.2, 0) is 4.79 Å². The van der Waals surface area contributed by atoms with Gasteiger partial charge in [-0.15, -0.1) is 0 Å². The molecule has 1 amide bonds. The lowest BCUT2D eigenvalue weighted by atomic mass is 9.91. The molecule has 1 unspecified atom stereocenters. The molecule has 18 heavy (non-hydrogen) atoms. The van der Waals surface area contributed by atoms with Crippen LogP contribution in [0.1, 0.15) is 38.8 Å². The highest BCUT2D eigenvalue weighted by molar-refractivity contribution is 9.10. The Kier molecular flexibility index (Phi) is 5.35. The molecule has 0 saturated carbocycles. The second kappa shape index (κ2) is 6.34. The second-order valence-electron chi connectivity index (χ2n) is 5.14. The van der Waals surface area contributed by atoms with E-state index in [2.05, 4.69) is 40.3 Å². The Balaban J connectivity index is 2.72. The fourth-order valence-electron chi connectivity index (χ4n) is 1.69. The van der Waals surface area contributed by atoms with Gasteiger partial charge in [0.1, 0.15) is 0 Å². The Morgan fingerprint density at radius 2 is 2.17 bits per heavy atom. The molecule has 0 saturated heterocycles. The Bertz CT molecular complexity index is 418. The molecule has 1 aromatic carbocycles. The SMILES string of the molecule is CCC(NCC(C)(C)C(N)=O)c1cccc(Br)c1. The van der Waals surface area contributed by atoms with Crippen LogP contribution in [0.5, 0.6) is 0 Å². The number of hydrogen-bond donors (Lipinski definition) is 2. The number of rotatable bonds is 6. The normalized spacial score (nSPS) is 13.3. The van der Waals surface area contributed by atoms with Gasteiger partial charge in [-0.25, -0.2) is 0 Å². The van der Waals surface area contributed by atoms with Gasteiger partial charge in [0.25, 0.3) is 0 Å². The Hall–Kier alpha value is -0.870. The Morgan fingerprint density at radius 1 is 1.50 bits per heavy atom. The van der Waals surface area contributed by atoms with E-state index < -0.39 is 5.41 Å². The predicted molar refractivity (Wildman–Crippen MR) is 78.2 cm³/mol. The highest BCUT2D eigenvalue weighted by atomic mass is 79.9. The third kappa shape index (κ3) is 4.10. The summed E-state index contributed by atoms with van der Waals surface area (Å²) >= 11 is 3.47. The van der Waals surface area contributed by atoms with E-state index in [9.17, 15) is 4.79 Å². The number of nitrogens with one attached hydrogen (secondary N) is 1. The van der Waals surface area contributed by atoms with Crippen LogP contribution in [0, 0.1) is 5.41 Å². The van der Waals surface area contributed by atoms with Crippen molar-refractivity contribution in [3.63, 3.8) is 0 Å². The van der Waals surface area contributed by atoms with Crippen molar-refractivity contribution >= 4 is 21.8 Å². The molecule has 0 aromatic heterocycles. The topological polar surface area (TPSA) is 55.1 Å². The van der Waals surface area contributed by atoms with Gasteiger partial charge in [-0.2, -0.15) is 0 Å². The van der Waals surface area contributed by atoms with Gasteiger partial charge in [0.2, 0.25) is 5.91 Å². The smallest absolute Gasteiger partial charge is 0.224 e. The van der Waals surface area contributed by atoms with Gasteiger partial charge in [-0.05, 0) is 38.0 Å². The number of benzene rings is 1. The maximum Gasteiger partial charge on any atom is 0.224 e. The van der Waals surface area contributed by atoms with Crippen LogP contribution >= 0.6 is 15.9 Å². The first kappa shape index (κ1) is 15.2. The van der Waals surface area contributed by atoms with Crippen molar-refractivity contribution in [3.05, 3.63) is 34.3 Å². The first-order chi connectivity index (χ1) is 8.36. The van der Waals surface area contributed by atoms with Crippen LogP contribution in [-0.4, -0.2) is 12.5 Å². The lowest BCUT2D eigenvalue weighted by Gasteiger charge is -2.25. The summed E-state index contributed by atoms with van der Waals surface area (Å²) in [6.07, 6.45) is 0.964. The monoisotopic (exact) mass is 312 g/mol. The maximum absolute atomic E-state index is 11.3. The second-order valence-corrected chi connectivity index (χ2v) is 6.06. The number of amides is 1. The quantitative estimate of drug-likeness (QED) is 0.848. The summed E-state index contributed by atoms with van der Waals surface area (Å²) in [4.78, 5) is 11.3. The Morgan fingerprint density at radius 3 is 2.67 bits per heavy atom. The number of nitrogens with two attached hydrogens (primary N) is 1. The highest BCUT2D eigenvalue weighted by Crippen LogP contribution is 2.22. The van der Waals surface area contributed by atoms with Crippen LogP contribution in [0.2, 0.25) is 0 Å². The zero-order chi connectivity index (χ0) is 13.8. The van der Waals surface area contributed by atoms with Crippen LogP contribution in [0.4, 0.5) is 0 Å². The third-order valence-corrected chi connectivity index (χ3v) is 3.61. The van der Waals surface area contributed by atoms with E-state index in [1.807, 2.05) is 26.0 Å². The van der Waals surface area contributed by atoms with Crippen LogP contribution in [0.25, 0.3) is 0 Å². The van der Waals surface area contributed by atoms with Gasteiger partial charge in [-0.1, -0.05) is 35.0 Å². The van der Waals surface area contributed by atoms with Crippen LogP contribution in [0.15, 0.2) is 28.7 Å². The Labute approximate surface area is 117 Å². The number of hydrogen-bond acceptors (Lipinski definition) is 2. The summed E-state index contributed by atoms with van der Waals surface area (Å²) in [5, 5.41) is 3.41. The molecule has 1 aromatic rings. The predicted octanol–water partition coefficient (Wildman–Crippen LogP) is 3.00. The molecule has 0 aliphatic rings. The van der Waals surface area contributed by atoms with Gasteiger partial charge >= 0.3 is 0 Å². The van der Waals surface area contributed by atoms with E-state index in [0.29, 0.717) is 6.54 Å². The van der Waals surface area contributed by atoms with Gasteiger partial charge in [0.05, 0.1) is 5.41 Å². The molecule has 3 N–H and O–H groups in total. The standard InChI is InChI=1S/C14H21BrN2O/c1-4-12(10-6-5-7-11(15)8-10)17-9-14(2,3)13(16)18/h5-8,12,17H,4,9H2,1-3H3,(H2,16,18). The molecule has 0 aliphatic heterocycles. The zero-order valence-electron chi connectivity index (χ0n) is 11.2. The van der Waals surface area contributed by atoms with E-state index in [1.54, 1.807) is 0 Å². The van der Waals surface area contributed by atoms with Crippen molar-refractivity contribution in [1.29, 1.82) is 0 Å². The maximum atomic E-state index is 11.3. The minimum Gasteiger partial charge on any atom is -0.369 e. The van der Waals surface area contributed by atoms with Crippen molar-refractivity contribution in [2.45, 2.75) is 33.2 Å². The molecule has 0 bridgehead atoms. The summed E-state index contributed by atoms with van der Waals surface area (Å²) in [5.74, 6) is -0.279. The van der Waals surface area contributed by atoms with Gasteiger partial charge in [0.15, 0.2) is 0 Å². The number of halogens is 1. The molecule has 1 atom stereocenters. The summed E-state index contributed by atoms with van der Waals surface area (Å²) in [6, 6.07) is 8.44. The largest absolute Gasteiger partial charge is 0.369 e. The third-order valence-electron chi connectivity index (χ3n) is 3.12. The zero-order valence-corrected chi connectivity index (χ0v) is 12.8. The molecule has 0 radical (unpaired) electrons. The molecular weight excluding hydrogens is 292 g/mol. The molecule has 0 fully saturated rings. The van der Waals surface area contributed by atoms with Crippen molar-refractivity contribution < 1.29 is 4.79 Å². The molecular formula is C14H21BrN2O.